The van der Waals surface area contributed by atoms with E-state index in [1.807, 2.05) is 25.4 Å². The Balaban J connectivity index is 0.00000306. The number of aromatic nitrogens is 2. The number of pyridine rings is 1. The third-order valence-corrected chi connectivity index (χ3v) is 5.56. The normalized spacial score (nSPS) is 16.5. The van der Waals surface area contributed by atoms with Crippen molar-refractivity contribution in [3.8, 4) is 0 Å². The molecule has 0 bridgehead atoms. The Morgan fingerprint density at radius 3 is 3.00 bits per heavy atom. The SMILES string of the molecule is CCNC(=NCc1ccnc(N2CCOC(C)C2)c1)NCCc1c[nH]c2ccc(F)cc12.I. The van der Waals surface area contributed by atoms with Gasteiger partial charge >= 0.3 is 0 Å². The maximum atomic E-state index is 13.6. The molecule has 0 spiro atoms. The van der Waals surface area contributed by atoms with Crippen molar-refractivity contribution in [2.45, 2.75) is 32.9 Å². The summed E-state index contributed by atoms with van der Waals surface area (Å²) in [5.41, 5.74) is 3.14. The molecule has 1 saturated heterocycles. The third kappa shape index (κ3) is 6.80. The second-order valence-electron chi connectivity index (χ2n) is 8.03. The number of anilines is 1. The topological polar surface area (TPSA) is 77.6 Å². The van der Waals surface area contributed by atoms with Gasteiger partial charge in [-0.3, -0.25) is 0 Å². The minimum absolute atomic E-state index is 0. The van der Waals surface area contributed by atoms with E-state index in [1.54, 1.807) is 12.1 Å². The summed E-state index contributed by atoms with van der Waals surface area (Å²) in [5, 5.41) is 7.60. The highest BCUT2D eigenvalue weighted by Crippen LogP contribution is 2.20. The second-order valence-corrected chi connectivity index (χ2v) is 8.03. The summed E-state index contributed by atoms with van der Waals surface area (Å²) in [6, 6.07) is 8.93. The monoisotopic (exact) mass is 566 g/mol. The molecule has 1 aromatic carbocycles. The van der Waals surface area contributed by atoms with Crippen LogP contribution in [0.4, 0.5) is 10.2 Å². The number of aromatic amines is 1. The van der Waals surface area contributed by atoms with Crippen molar-refractivity contribution in [2.24, 2.45) is 4.99 Å². The molecule has 3 heterocycles. The molecule has 1 aliphatic heterocycles. The molecular formula is C24H32FIN6O. The number of H-pyrrole nitrogens is 1. The lowest BCUT2D eigenvalue weighted by Crippen LogP contribution is -2.41. The number of hydrogen-bond acceptors (Lipinski definition) is 4. The Morgan fingerprint density at radius 2 is 2.18 bits per heavy atom. The number of ether oxygens (including phenoxy) is 1. The lowest BCUT2D eigenvalue weighted by Gasteiger charge is -2.32. The van der Waals surface area contributed by atoms with E-state index in [9.17, 15) is 4.39 Å². The number of nitrogens with one attached hydrogen (secondary N) is 3. The Kier molecular flexibility index (Phi) is 9.30. The number of nitrogens with zero attached hydrogens (tertiary/aromatic N) is 3. The number of halogens is 2. The summed E-state index contributed by atoms with van der Waals surface area (Å²) in [4.78, 5) is 14.7. The first-order valence-corrected chi connectivity index (χ1v) is 11.2. The Labute approximate surface area is 211 Å². The number of guanidine groups is 1. The zero-order chi connectivity index (χ0) is 22.3. The van der Waals surface area contributed by atoms with Gasteiger partial charge in [0.15, 0.2) is 5.96 Å². The van der Waals surface area contributed by atoms with Crippen LogP contribution in [0.5, 0.6) is 0 Å². The number of fused-ring (bicyclic) bond motifs is 1. The highest BCUT2D eigenvalue weighted by Gasteiger charge is 2.18. The van der Waals surface area contributed by atoms with Gasteiger partial charge in [0, 0.05) is 49.5 Å². The quantitative estimate of drug-likeness (QED) is 0.230. The molecule has 1 fully saturated rings. The molecule has 3 N–H and O–H groups in total. The smallest absolute Gasteiger partial charge is 0.191 e. The van der Waals surface area contributed by atoms with Crippen molar-refractivity contribution in [1.82, 2.24) is 20.6 Å². The summed E-state index contributed by atoms with van der Waals surface area (Å²) in [7, 11) is 0. The van der Waals surface area contributed by atoms with Gasteiger partial charge in [0.05, 0.1) is 19.3 Å². The first kappa shape index (κ1) is 25.2. The predicted molar refractivity (Wildman–Crippen MR) is 142 cm³/mol. The van der Waals surface area contributed by atoms with Gasteiger partial charge in [-0.05, 0) is 61.7 Å². The molecule has 0 saturated carbocycles. The van der Waals surface area contributed by atoms with Gasteiger partial charge in [0.2, 0.25) is 0 Å². The second kappa shape index (κ2) is 12.2. The van der Waals surface area contributed by atoms with Crippen LogP contribution in [0.15, 0.2) is 47.7 Å². The summed E-state index contributed by atoms with van der Waals surface area (Å²) < 4.78 is 19.2. The highest BCUT2D eigenvalue weighted by atomic mass is 127. The van der Waals surface area contributed by atoms with Crippen LogP contribution in [0.1, 0.15) is 25.0 Å². The number of rotatable bonds is 7. The fourth-order valence-corrected chi connectivity index (χ4v) is 3.94. The summed E-state index contributed by atoms with van der Waals surface area (Å²) in [6.45, 7) is 8.59. The number of benzene rings is 1. The molecule has 1 aliphatic rings. The molecule has 1 unspecified atom stereocenters. The van der Waals surface area contributed by atoms with E-state index in [-0.39, 0.29) is 35.9 Å². The molecule has 3 aromatic rings. The summed E-state index contributed by atoms with van der Waals surface area (Å²) in [6.07, 6.45) is 4.77. The molecule has 178 valence electrons. The van der Waals surface area contributed by atoms with E-state index in [1.165, 1.54) is 6.07 Å². The number of hydrogen-bond donors (Lipinski definition) is 3. The van der Waals surface area contributed by atoms with Crippen molar-refractivity contribution in [2.75, 3.05) is 37.7 Å². The fraction of sp³-hybridized carbons (Fsp3) is 0.417. The molecular weight excluding hydrogens is 534 g/mol. The van der Waals surface area contributed by atoms with Crippen molar-refractivity contribution >= 4 is 46.7 Å². The van der Waals surface area contributed by atoms with Crippen LogP contribution in [0, 0.1) is 5.82 Å². The zero-order valence-electron chi connectivity index (χ0n) is 19.1. The molecule has 4 rings (SSSR count). The van der Waals surface area contributed by atoms with E-state index in [0.29, 0.717) is 13.1 Å². The molecule has 0 aliphatic carbocycles. The molecule has 1 atom stereocenters. The van der Waals surface area contributed by atoms with Crippen LogP contribution < -0.4 is 15.5 Å². The van der Waals surface area contributed by atoms with Gasteiger partial charge in [0.1, 0.15) is 11.6 Å². The van der Waals surface area contributed by atoms with Crippen molar-refractivity contribution in [3.05, 3.63) is 59.7 Å². The Morgan fingerprint density at radius 1 is 1.30 bits per heavy atom. The summed E-state index contributed by atoms with van der Waals surface area (Å²) >= 11 is 0. The molecule has 9 heteroatoms. The van der Waals surface area contributed by atoms with Gasteiger partial charge < -0.3 is 25.3 Å². The van der Waals surface area contributed by atoms with Crippen molar-refractivity contribution in [1.29, 1.82) is 0 Å². The lowest BCUT2D eigenvalue weighted by molar-refractivity contribution is 0.0529. The predicted octanol–water partition coefficient (Wildman–Crippen LogP) is 3.84. The summed E-state index contributed by atoms with van der Waals surface area (Å²) in [5.74, 6) is 1.51. The van der Waals surface area contributed by atoms with Crippen LogP contribution in [0.3, 0.4) is 0 Å². The van der Waals surface area contributed by atoms with Gasteiger partial charge in [-0.1, -0.05) is 0 Å². The van der Waals surface area contributed by atoms with E-state index in [0.717, 1.165) is 66.5 Å². The van der Waals surface area contributed by atoms with E-state index < -0.39 is 0 Å². The number of morpholine rings is 1. The van der Waals surface area contributed by atoms with E-state index >= 15 is 0 Å². The van der Waals surface area contributed by atoms with E-state index in [2.05, 4.69) is 38.5 Å². The van der Waals surface area contributed by atoms with Crippen molar-refractivity contribution in [3.63, 3.8) is 0 Å². The van der Waals surface area contributed by atoms with E-state index in [4.69, 9.17) is 9.73 Å². The largest absolute Gasteiger partial charge is 0.375 e. The van der Waals surface area contributed by atoms with Crippen molar-refractivity contribution < 1.29 is 9.13 Å². The lowest BCUT2D eigenvalue weighted by atomic mass is 10.1. The average Bonchev–Trinajstić information content (AvgIpc) is 3.19. The maximum Gasteiger partial charge on any atom is 0.191 e. The first-order chi connectivity index (χ1) is 15.6. The molecule has 0 amide bonds. The Bertz CT molecular complexity index is 1070. The average molecular weight is 566 g/mol. The Hall–Kier alpha value is -2.40. The molecule has 2 aromatic heterocycles. The van der Waals surface area contributed by atoms with Crippen LogP contribution in [-0.4, -0.2) is 54.8 Å². The maximum absolute atomic E-state index is 13.6. The highest BCUT2D eigenvalue weighted by molar-refractivity contribution is 14.0. The van der Waals surface area contributed by atoms with Crippen LogP contribution in [-0.2, 0) is 17.7 Å². The fourth-order valence-electron chi connectivity index (χ4n) is 3.94. The molecule has 0 radical (unpaired) electrons. The third-order valence-electron chi connectivity index (χ3n) is 5.56. The van der Waals surface area contributed by atoms with Gasteiger partial charge in [0.25, 0.3) is 0 Å². The molecule has 33 heavy (non-hydrogen) atoms. The standard InChI is InChI=1S/C24H31FN6O.HI/c1-3-26-24(28-9-7-19-15-29-22-5-4-20(25)13-21(19)22)30-14-18-6-8-27-23(12-18)31-10-11-32-17(2)16-31;/h4-6,8,12-13,15,17,29H,3,7,9-11,14,16H2,1-2H3,(H2,26,28,30);1H. The van der Waals surface area contributed by atoms with Crippen LogP contribution >= 0.6 is 24.0 Å². The number of aliphatic imine (C=N–C) groups is 1. The minimum Gasteiger partial charge on any atom is -0.375 e. The first-order valence-electron chi connectivity index (χ1n) is 11.2. The van der Waals surface area contributed by atoms with Crippen LogP contribution in [0.2, 0.25) is 0 Å². The zero-order valence-corrected chi connectivity index (χ0v) is 21.4. The van der Waals surface area contributed by atoms with Crippen LogP contribution in [0.25, 0.3) is 10.9 Å². The minimum atomic E-state index is -0.218. The van der Waals surface area contributed by atoms with Gasteiger partial charge in [-0.15, -0.1) is 24.0 Å². The molecule has 7 nitrogen and oxygen atoms in total. The van der Waals surface area contributed by atoms with Gasteiger partial charge in [-0.25, -0.2) is 14.4 Å². The van der Waals surface area contributed by atoms with Gasteiger partial charge in [-0.2, -0.15) is 0 Å².